The molecule has 0 radical (unpaired) electrons. The Hall–Kier alpha value is -1.63. The highest BCUT2D eigenvalue weighted by Gasteiger charge is 2.16. The number of carbonyl (C=O) groups is 1. The maximum atomic E-state index is 11.9. The standard InChI is InChI=1S/C18H24O.C4H10.H2/c1-6-7-8-17-12-16(10-9-14(17)4)11-15(5)18(19)13(2)3;1-4(2)3;/h6-10,12-13,15H,1,11H2,2-5H3;4H,1-3H3;1H/b8-7-;;. The number of aryl methyl sites for hydroxylation is 1. The van der Waals surface area contributed by atoms with Crippen LogP contribution in [-0.4, -0.2) is 5.78 Å². The summed E-state index contributed by atoms with van der Waals surface area (Å²) in [5.74, 6) is 1.36. The fraction of sp³-hybridized carbons (Fsp3) is 0.500. The van der Waals surface area contributed by atoms with E-state index in [1.165, 1.54) is 16.7 Å². The molecule has 1 atom stereocenters. The maximum Gasteiger partial charge on any atom is 0.138 e. The van der Waals surface area contributed by atoms with Crippen LogP contribution in [0.1, 0.15) is 59.7 Å². The Morgan fingerprint density at radius 1 is 1.17 bits per heavy atom. The number of benzene rings is 1. The minimum absolute atomic E-state index is 0. The molecule has 0 aliphatic rings. The molecule has 0 bridgehead atoms. The van der Waals surface area contributed by atoms with Crippen LogP contribution in [0.5, 0.6) is 0 Å². The molecule has 0 aromatic heterocycles. The first-order valence-electron chi connectivity index (χ1n) is 8.61. The van der Waals surface area contributed by atoms with Crippen molar-refractivity contribution < 1.29 is 6.22 Å². The molecule has 1 aromatic rings. The largest absolute Gasteiger partial charge is 0.299 e. The van der Waals surface area contributed by atoms with E-state index >= 15 is 0 Å². The van der Waals surface area contributed by atoms with Gasteiger partial charge in [0, 0.05) is 13.3 Å². The van der Waals surface area contributed by atoms with Crippen LogP contribution in [0.3, 0.4) is 0 Å². The van der Waals surface area contributed by atoms with Crippen molar-refractivity contribution in [2.45, 2.75) is 54.9 Å². The summed E-state index contributed by atoms with van der Waals surface area (Å²) in [6, 6.07) is 6.40. The minimum Gasteiger partial charge on any atom is -0.299 e. The topological polar surface area (TPSA) is 17.1 Å². The zero-order valence-electron chi connectivity index (χ0n) is 16.0. The summed E-state index contributed by atoms with van der Waals surface area (Å²) in [6.07, 6.45) is 6.58. The van der Waals surface area contributed by atoms with Crippen molar-refractivity contribution in [3.05, 3.63) is 53.6 Å². The van der Waals surface area contributed by atoms with E-state index in [-0.39, 0.29) is 13.3 Å². The molecular formula is C22H36O. The van der Waals surface area contributed by atoms with E-state index in [1.54, 1.807) is 6.08 Å². The summed E-state index contributed by atoms with van der Waals surface area (Å²) in [5, 5.41) is 0. The second kappa shape index (κ2) is 11.0. The molecule has 0 saturated heterocycles. The smallest absolute Gasteiger partial charge is 0.138 e. The summed E-state index contributed by atoms with van der Waals surface area (Å²) in [7, 11) is 0. The molecule has 0 heterocycles. The monoisotopic (exact) mass is 316 g/mol. The Balaban J connectivity index is 0. The molecular weight excluding hydrogens is 280 g/mol. The van der Waals surface area contributed by atoms with E-state index in [9.17, 15) is 4.79 Å². The lowest BCUT2D eigenvalue weighted by molar-refractivity contribution is -0.125. The quantitative estimate of drug-likeness (QED) is 0.547. The number of hydrogen-bond acceptors (Lipinski definition) is 1. The zero-order valence-corrected chi connectivity index (χ0v) is 16.0. The molecule has 1 rings (SSSR count). The number of Topliss-reactive ketones (excluding diaryl/α,β-unsaturated/α-hetero) is 1. The summed E-state index contributed by atoms with van der Waals surface area (Å²) >= 11 is 0. The Morgan fingerprint density at radius 3 is 2.22 bits per heavy atom. The van der Waals surface area contributed by atoms with Gasteiger partial charge in [0.1, 0.15) is 5.78 Å². The van der Waals surface area contributed by atoms with Gasteiger partial charge in [-0.1, -0.05) is 84.5 Å². The molecule has 0 spiro atoms. The van der Waals surface area contributed by atoms with E-state index in [0.717, 1.165) is 12.3 Å². The van der Waals surface area contributed by atoms with E-state index < -0.39 is 0 Å². The van der Waals surface area contributed by atoms with Gasteiger partial charge in [-0.2, -0.15) is 0 Å². The van der Waals surface area contributed by atoms with Crippen LogP contribution in [0.2, 0.25) is 0 Å². The van der Waals surface area contributed by atoms with E-state index in [4.69, 9.17) is 0 Å². The molecule has 130 valence electrons. The number of hydrogen-bond donors (Lipinski definition) is 0. The lowest BCUT2D eigenvalue weighted by atomic mass is 9.90. The van der Waals surface area contributed by atoms with Crippen LogP contribution >= 0.6 is 0 Å². The van der Waals surface area contributed by atoms with Crippen molar-refractivity contribution in [3.8, 4) is 0 Å². The number of allylic oxidation sites excluding steroid dienone is 2. The summed E-state index contributed by atoms with van der Waals surface area (Å²) in [4.78, 5) is 11.9. The third kappa shape index (κ3) is 9.18. The van der Waals surface area contributed by atoms with Gasteiger partial charge >= 0.3 is 0 Å². The number of rotatable bonds is 6. The van der Waals surface area contributed by atoms with Gasteiger partial charge in [0.25, 0.3) is 0 Å². The fourth-order valence-corrected chi connectivity index (χ4v) is 2.19. The van der Waals surface area contributed by atoms with Crippen LogP contribution in [-0.2, 0) is 11.2 Å². The average molecular weight is 317 g/mol. The van der Waals surface area contributed by atoms with Gasteiger partial charge < -0.3 is 0 Å². The minimum atomic E-state index is 0. The third-order valence-corrected chi connectivity index (χ3v) is 3.35. The first kappa shape index (κ1) is 21.4. The fourth-order valence-electron chi connectivity index (χ4n) is 2.19. The third-order valence-electron chi connectivity index (χ3n) is 3.35. The predicted molar refractivity (Wildman–Crippen MR) is 106 cm³/mol. The maximum absolute atomic E-state index is 11.9. The summed E-state index contributed by atoms with van der Waals surface area (Å²) in [6.45, 7) is 18.2. The molecule has 1 heteroatoms. The van der Waals surface area contributed by atoms with Gasteiger partial charge in [0.05, 0.1) is 0 Å². The predicted octanol–water partition coefficient (Wildman–Crippen LogP) is 6.51. The van der Waals surface area contributed by atoms with Crippen LogP contribution < -0.4 is 0 Å². The van der Waals surface area contributed by atoms with Crippen molar-refractivity contribution in [1.29, 1.82) is 0 Å². The van der Waals surface area contributed by atoms with Crippen LogP contribution in [0.25, 0.3) is 6.08 Å². The van der Waals surface area contributed by atoms with Gasteiger partial charge in [-0.15, -0.1) is 0 Å². The average Bonchev–Trinajstić information content (AvgIpc) is 2.46. The molecule has 23 heavy (non-hydrogen) atoms. The number of ketones is 1. The normalized spacial score (nSPS) is 12.2. The molecule has 1 aromatic carbocycles. The lowest BCUT2D eigenvalue weighted by Gasteiger charge is -2.14. The number of carbonyl (C=O) groups excluding carboxylic acids is 1. The Labute approximate surface area is 145 Å². The zero-order chi connectivity index (χ0) is 18.0. The highest BCUT2D eigenvalue weighted by molar-refractivity contribution is 5.82. The van der Waals surface area contributed by atoms with Crippen molar-refractivity contribution in [3.63, 3.8) is 0 Å². The van der Waals surface area contributed by atoms with Crippen molar-refractivity contribution in [2.24, 2.45) is 17.8 Å². The van der Waals surface area contributed by atoms with Gasteiger partial charge in [0.15, 0.2) is 0 Å². The van der Waals surface area contributed by atoms with Gasteiger partial charge in [-0.05, 0) is 36.0 Å². The van der Waals surface area contributed by atoms with Crippen molar-refractivity contribution >= 4 is 11.9 Å². The summed E-state index contributed by atoms with van der Waals surface area (Å²) in [5.41, 5.74) is 3.65. The summed E-state index contributed by atoms with van der Waals surface area (Å²) < 4.78 is 0. The molecule has 1 nitrogen and oxygen atoms in total. The Kier molecular flexibility index (Phi) is 10.2. The molecule has 0 amide bonds. The second-order valence-corrected chi connectivity index (χ2v) is 7.18. The molecule has 0 fully saturated rings. The van der Waals surface area contributed by atoms with Gasteiger partial charge in [-0.3, -0.25) is 4.79 Å². The Bertz CT molecular complexity index is 524. The van der Waals surface area contributed by atoms with E-state index in [0.29, 0.717) is 5.78 Å². The lowest BCUT2D eigenvalue weighted by Crippen LogP contribution is -2.19. The Morgan fingerprint density at radius 2 is 1.74 bits per heavy atom. The molecule has 0 saturated carbocycles. The molecule has 1 unspecified atom stereocenters. The van der Waals surface area contributed by atoms with Crippen LogP contribution in [0.4, 0.5) is 0 Å². The van der Waals surface area contributed by atoms with Crippen molar-refractivity contribution in [1.82, 2.24) is 0 Å². The molecule has 0 N–H and O–H groups in total. The SMILES string of the molecule is C=C/C=C\c1cc(CC(C)C(=O)C(C)C)ccc1C.CC(C)C.[HH]. The first-order chi connectivity index (χ1) is 10.7. The van der Waals surface area contributed by atoms with Crippen molar-refractivity contribution in [2.75, 3.05) is 0 Å². The van der Waals surface area contributed by atoms with Crippen LogP contribution in [0, 0.1) is 24.7 Å². The van der Waals surface area contributed by atoms with Gasteiger partial charge in [-0.25, -0.2) is 0 Å². The van der Waals surface area contributed by atoms with E-state index in [1.807, 2.05) is 26.8 Å². The molecule has 0 aliphatic heterocycles. The highest BCUT2D eigenvalue weighted by atomic mass is 16.1. The second-order valence-electron chi connectivity index (χ2n) is 7.18. The first-order valence-corrected chi connectivity index (χ1v) is 8.61. The van der Waals surface area contributed by atoms with E-state index in [2.05, 4.69) is 58.5 Å². The van der Waals surface area contributed by atoms with Gasteiger partial charge in [0.2, 0.25) is 0 Å². The molecule has 0 aliphatic carbocycles. The van der Waals surface area contributed by atoms with Crippen LogP contribution in [0.15, 0.2) is 36.9 Å². The highest BCUT2D eigenvalue weighted by Crippen LogP contribution is 2.18.